The molecule has 1 amide bonds. The molecule has 37 heavy (non-hydrogen) atoms. The van der Waals surface area contributed by atoms with E-state index in [1.54, 1.807) is 12.1 Å². The van der Waals surface area contributed by atoms with Gasteiger partial charge in [-0.15, -0.1) is 0 Å². The molecule has 5 rings (SSSR count). The van der Waals surface area contributed by atoms with Crippen LogP contribution in [0.1, 0.15) is 48.3 Å². The number of nitro benzene ring substituents is 1. The fraction of sp³-hybridized carbons (Fsp3) is 0.310. The molecule has 2 aliphatic carbocycles. The molecule has 0 radical (unpaired) electrons. The molecule has 0 heterocycles. The quantitative estimate of drug-likeness (QED) is 0.248. The van der Waals surface area contributed by atoms with Crippen molar-refractivity contribution in [2.75, 3.05) is 6.61 Å². The average molecular weight is 501 g/mol. The highest BCUT2D eigenvalue weighted by atomic mass is 16.6. The van der Waals surface area contributed by atoms with E-state index in [2.05, 4.69) is 17.4 Å². The summed E-state index contributed by atoms with van der Waals surface area (Å²) in [5, 5.41) is 13.7. The number of hydrogen-bond acceptors (Lipinski definition) is 6. The highest BCUT2D eigenvalue weighted by Gasteiger charge is 2.31. The maximum atomic E-state index is 13.0. The number of carbonyl (C=O) groups excluding carboxylic acids is 2. The van der Waals surface area contributed by atoms with Crippen LogP contribution in [0.3, 0.4) is 0 Å². The van der Waals surface area contributed by atoms with Crippen LogP contribution in [0, 0.1) is 10.1 Å². The van der Waals surface area contributed by atoms with Crippen molar-refractivity contribution in [1.29, 1.82) is 0 Å². The summed E-state index contributed by atoms with van der Waals surface area (Å²) in [7, 11) is 0. The second kappa shape index (κ2) is 10.8. The molecule has 8 nitrogen and oxygen atoms in total. The zero-order valence-corrected chi connectivity index (χ0v) is 20.3. The smallest absolute Gasteiger partial charge is 0.407 e. The van der Waals surface area contributed by atoms with Crippen molar-refractivity contribution in [2.45, 2.75) is 50.2 Å². The summed E-state index contributed by atoms with van der Waals surface area (Å²) in [6, 6.07) is 21.1. The van der Waals surface area contributed by atoms with Gasteiger partial charge in [0, 0.05) is 24.5 Å². The van der Waals surface area contributed by atoms with Gasteiger partial charge in [-0.05, 0) is 53.5 Å². The number of rotatable bonds is 8. The van der Waals surface area contributed by atoms with E-state index in [0.717, 1.165) is 47.9 Å². The number of nitrogens with zero attached hydrogens (tertiary/aromatic N) is 1. The molecule has 1 fully saturated rings. The SMILES string of the molecule is O=C(N[C@@H](Cc1ccc([N+](=O)[O-])cc1)C(=O)OC1CCCC1)OCC1c2ccccc2-c2ccccc21. The van der Waals surface area contributed by atoms with Gasteiger partial charge in [0.1, 0.15) is 18.8 Å². The lowest BCUT2D eigenvalue weighted by Gasteiger charge is -2.21. The Bertz CT molecular complexity index is 1250. The number of fused-ring (bicyclic) bond motifs is 3. The Morgan fingerprint density at radius 1 is 0.919 bits per heavy atom. The number of hydrogen-bond donors (Lipinski definition) is 1. The zero-order valence-electron chi connectivity index (χ0n) is 20.3. The number of amides is 1. The highest BCUT2D eigenvalue weighted by molar-refractivity contribution is 5.82. The van der Waals surface area contributed by atoms with Crippen LogP contribution in [-0.2, 0) is 20.7 Å². The molecule has 0 unspecified atom stereocenters. The lowest BCUT2D eigenvalue weighted by Crippen LogP contribution is -2.44. The largest absolute Gasteiger partial charge is 0.461 e. The van der Waals surface area contributed by atoms with Crippen molar-refractivity contribution >= 4 is 17.7 Å². The first-order valence-corrected chi connectivity index (χ1v) is 12.5. The molecule has 0 saturated heterocycles. The molecule has 0 aromatic heterocycles. The van der Waals surface area contributed by atoms with Crippen LogP contribution in [0.4, 0.5) is 10.5 Å². The van der Waals surface area contributed by atoms with Crippen LogP contribution in [-0.4, -0.2) is 35.7 Å². The van der Waals surface area contributed by atoms with Gasteiger partial charge < -0.3 is 14.8 Å². The molecule has 0 spiro atoms. The van der Waals surface area contributed by atoms with Crippen LogP contribution in [0.5, 0.6) is 0 Å². The van der Waals surface area contributed by atoms with Crippen molar-refractivity contribution in [3.05, 3.63) is 99.6 Å². The van der Waals surface area contributed by atoms with Crippen molar-refractivity contribution in [3.8, 4) is 11.1 Å². The number of ether oxygens (including phenoxy) is 2. The standard InChI is InChI=1S/C29H28N2O6/c32-28(37-21-7-1-2-8-21)27(17-19-13-15-20(16-14-19)31(34)35)30-29(33)36-18-26-24-11-5-3-9-22(24)23-10-4-6-12-25(23)26/h3-6,9-16,21,26-27H,1-2,7-8,17-18H2,(H,30,33)/t27-/m0/s1. The number of non-ortho nitro benzene ring substituents is 1. The van der Waals surface area contributed by atoms with Crippen molar-refractivity contribution in [3.63, 3.8) is 0 Å². The third-order valence-corrected chi connectivity index (χ3v) is 7.09. The molecule has 1 N–H and O–H groups in total. The number of alkyl carbamates (subject to hydrolysis) is 1. The lowest BCUT2D eigenvalue weighted by atomic mass is 9.98. The van der Waals surface area contributed by atoms with Gasteiger partial charge in [-0.1, -0.05) is 60.7 Å². The first kappa shape index (κ1) is 24.5. The van der Waals surface area contributed by atoms with Crippen molar-refractivity contribution in [1.82, 2.24) is 5.32 Å². The molecule has 1 saturated carbocycles. The van der Waals surface area contributed by atoms with E-state index in [0.29, 0.717) is 5.56 Å². The highest BCUT2D eigenvalue weighted by Crippen LogP contribution is 2.44. The van der Waals surface area contributed by atoms with Gasteiger partial charge in [0.15, 0.2) is 0 Å². The maximum Gasteiger partial charge on any atom is 0.407 e. The van der Waals surface area contributed by atoms with Crippen molar-refractivity contribution in [2.24, 2.45) is 0 Å². The van der Waals surface area contributed by atoms with Gasteiger partial charge >= 0.3 is 12.1 Å². The van der Waals surface area contributed by atoms with Crippen LogP contribution >= 0.6 is 0 Å². The Hall–Kier alpha value is -4.20. The van der Waals surface area contributed by atoms with Crippen LogP contribution in [0.25, 0.3) is 11.1 Å². The number of benzene rings is 3. The molecule has 0 bridgehead atoms. The summed E-state index contributed by atoms with van der Waals surface area (Å²) in [6.07, 6.45) is 2.89. The number of carbonyl (C=O) groups is 2. The Labute approximate surface area is 214 Å². The van der Waals surface area contributed by atoms with E-state index in [1.165, 1.54) is 12.1 Å². The summed E-state index contributed by atoms with van der Waals surface area (Å²) in [5.74, 6) is -0.629. The second-order valence-electron chi connectivity index (χ2n) is 9.49. The molecule has 3 aromatic rings. The topological polar surface area (TPSA) is 108 Å². The average Bonchev–Trinajstić information content (AvgIpc) is 3.53. The number of nitrogens with one attached hydrogen (secondary N) is 1. The zero-order chi connectivity index (χ0) is 25.8. The minimum Gasteiger partial charge on any atom is -0.461 e. The minimum absolute atomic E-state index is 0.0432. The predicted molar refractivity (Wildman–Crippen MR) is 137 cm³/mol. The fourth-order valence-corrected chi connectivity index (χ4v) is 5.22. The molecule has 1 atom stereocenters. The molecule has 3 aromatic carbocycles. The summed E-state index contributed by atoms with van der Waals surface area (Å²) in [6.45, 7) is 0.127. The van der Waals surface area contributed by atoms with Gasteiger partial charge in [0.05, 0.1) is 4.92 Å². The van der Waals surface area contributed by atoms with E-state index in [9.17, 15) is 19.7 Å². The van der Waals surface area contributed by atoms with Gasteiger partial charge in [0.25, 0.3) is 5.69 Å². The molecular formula is C29H28N2O6. The van der Waals surface area contributed by atoms with Gasteiger partial charge in [-0.3, -0.25) is 10.1 Å². The Morgan fingerprint density at radius 3 is 2.11 bits per heavy atom. The Balaban J connectivity index is 1.27. The first-order chi connectivity index (χ1) is 18.0. The van der Waals surface area contributed by atoms with E-state index < -0.39 is 23.0 Å². The third-order valence-electron chi connectivity index (χ3n) is 7.09. The van der Waals surface area contributed by atoms with Gasteiger partial charge in [-0.25, -0.2) is 9.59 Å². The van der Waals surface area contributed by atoms with Crippen LogP contribution < -0.4 is 5.32 Å². The third kappa shape index (κ3) is 5.48. The molecule has 0 aliphatic heterocycles. The van der Waals surface area contributed by atoms with Crippen LogP contribution in [0.2, 0.25) is 0 Å². The van der Waals surface area contributed by atoms with Crippen LogP contribution in [0.15, 0.2) is 72.8 Å². The number of nitro groups is 1. The minimum atomic E-state index is -0.974. The first-order valence-electron chi connectivity index (χ1n) is 12.5. The predicted octanol–water partition coefficient (Wildman–Crippen LogP) is 5.53. The lowest BCUT2D eigenvalue weighted by molar-refractivity contribution is -0.384. The Kier molecular flexibility index (Phi) is 7.16. The summed E-state index contributed by atoms with van der Waals surface area (Å²) in [5.41, 5.74) is 5.07. The van der Waals surface area contributed by atoms with Gasteiger partial charge in [-0.2, -0.15) is 0 Å². The van der Waals surface area contributed by atoms with Crippen molar-refractivity contribution < 1.29 is 24.0 Å². The fourth-order valence-electron chi connectivity index (χ4n) is 5.22. The normalized spacial score (nSPS) is 15.5. The van der Waals surface area contributed by atoms with E-state index >= 15 is 0 Å². The molecule has 190 valence electrons. The van der Waals surface area contributed by atoms with E-state index in [4.69, 9.17) is 9.47 Å². The summed E-state index contributed by atoms with van der Waals surface area (Å²) < 4.78 is 11.3. The number of esters is 1. The summed E-state index contributed by atoms with van der Waals surface area (Å²) in [4.78, 5) is 36.4. The maximum absolute atomic E-state index is 13.0. The molecular weight excluding hydrogens is 472 g/mol. The monoisotopic (exact) mass is 500 g/mol. The second-order valence-corrected chi connectivity index (χ2v) is 9.49. The molecule has 8 heteroatoms. The van der Waals surface area contributed by atoms with E-state index in [1.807, 2.05) is 36.4 Å². The molecule has 2 aliphatic rings. The summed E-state index contributed by atoms with van der Waals surface area (Å²) >= 11 is 0. The van der Waals surface area contributed by atoms with E-state index in [-0.39, 0.29) is 30.7 Å². The van der Waals surface area contributed by atoms with Gasteiger partial charge in [0.2, 0.25) is 0 Å². The Morgan fingerprint density at radius 2 is 1.51 bits per heavy atom.